The van der Waals surface area contributed by atoms with E-state index in [1.54, 1.807) is 0 Å². The Bertz CT molecular complexity index is 213. The van der Waals surface area contributed by atoms with Gasteiger partial charge < -0.3 is 0 Å². The van der Waals surface area contributed by atoms with Crippen LogP contribution in [-0.4, -0.2) is 8.07 Å². The van der Waals surface area contributed by atoms with E-state index < -0.39 is 8.07 Å². The normalized spacial score (nSPS) is 23.2. The molecule has 0 aromatic rings. The molecule has 1 aliphatic carbocycles. The second-order valence-electron chi connectivity index (χ2n) is 5.18. The predicted molar refractivity (Wildman–Crippen MR) is 68.2 cm³/mol. The van der Waals surface area contributed by atoms with Gasteiger partial charge in [-0.3, -0.25) is 0 Å². The molecule has 1 heteroatoms. The largest absolute Gasteiger partial charge is 0.0989 e. The summed E-state index contributed by atoms with van der Waals surface area (Å²) in [6.45, 7) is 7.11. The van der Waals surface area contributed by atoms with Crippen molar-refractivity contribution in [1.82, 2.24) is 0 Å². The Labute approximate surface area is 90.1 Å². The fraction of sp³-hybridized carbons (Fsp3) is 0.692. The van der Waals surface area contributed by atoms with Gasteiger partial charge in [0.2, 0.25) is 0 Å². The quantitative estimate of drug-likeness (QED) is 0.469. The fourth-order valence-electron chi connectivity index (χ4n) is 2.23. The highest BCUT2D eigenvalue weighted by Gasteiger charge is 2.19. The van der Waals surface area contributed by atoms with Gasteiger partial charge in [-0.2, -0.15) is 0 Å². The summed E-state index contributed by atoms with van der Waals surface area (Å²) < 4.78 is 0. The summed E-state index contributed by atoms with van der Waals surface area (Å²) in [5.41, 5.74) is 2.48. The highest BCUT2D eigenvalue weighted by molar-refractivity contribution is 6.82. The van der Waals surface area contributed by atoms with Gasteiger partial charge in [-0.25, -0.2) is 0 Å². The van der Waals surface area contributed by atoms with E-state index in [9.17, 15) is 0 Å². The van der Waals surface area contributed by atoms with Gasteiger partial charge in [0.05, 0.1) is 8.07 Å². The molecule has 14 heavy (non-hydrogen) atoms. The summed E-state index contributed by atoms with van der Waals surface area (Å²) in [5, 5.41) is 0. The van der Waals surface area contributed by atoms with E-state index >= 15 is 0 Å². The zero-order chi connectivity index (χ0) is 10.4. The fourth-order valence-corrected chi connectivity index (χ4v) is 4.45. The first kappa shape index (κ1) is 11.8. The minimum atomic E-state index is -0.992. The summed E-state index contributed by atoms with van der Waals surface area (Å²) in [5.74, 6) is 0.983. The second-order valence-corrected chi connectivity index (χ2v) is 9.99. The summed E-state index contributed by atoms with van der Waals surface area (Å²) in [6, 6.07) is 1.47. The van der Waals surface area contributed by atoms with Gasteiger partial charge in [-0.05, 0) is 32.1 Å². The lowest BCUT2D eigenvalue weighted by Crippen LogP contribution is -2.23. The van der Waals surface area contributed by atoms with Crippen LogP contribution in [0.1, 0.15) is 32.6 Å². The first-order valence-electron chi connectivity index (χ1n) is 5.93. The van der Waals surface area contributed by atoms with Crippen molar-refractivity contribution >= 4 is 8.07 Å². The van der Waals surface area contributed by atoms with Crippen molar-refractivity contribution in [1.29, 1.82) is 0 Å². The van der Waals surface area contributed by atoms with Crippen LogP contribution in [-0.2, 0) is 0 Å². The molecule has 0 saturated heterocycles. The Kier molecular flexibility index (Phi) is 4.66. The van der Waals surface area contributed by atoms with E-state index in [-0.39, 0.29) is 0 Å². The first-order chi connectivity index (χ1) is 6.64. The molecule has 1 rings (SSSR count). The van der Waals surface area contributed by atoms with Crippen LogP contribution in [0.15, 0.2) is 23.9 Å². The Hall–Kier alpha value is -0.303. The topological polar surface area (TPSA) is 0 Å². The molecule has 0 amide bonds. The van der Waals surface area contributed by atoms with Crippen LogP contribution in [0.5, 0.6) is 0 Å². The summed E-state index contributed by atoms with van der Waals surface area (Å²) in [7, 11) is -0.992. The molecule has 0 spiro atoms. The highest BCUT2D eigenvalue weighted by Crippen LogP contribution is 2.26. The van der Waals surface area contributed by atoms with E-state index in [1.165, 1.54) is 31.7 Å². The van der Waals surface area contributed by atoms with Crippen LogP contribution in [0.3, 0.4) is 0 Å². The van der Waals surface area contributed by atoms with Crippen LogP contribution in [0.4, 0.5) is 0 Å². The van der Waals surface area contributed by atoms with Gasteiger partial charge in [-0.1, -0.05) is 49.5 Å². The maximum absolute atomic E-state index is 2.48. The van der Waals surface area contributed by atoms with Crippen LogP contribution in [0.2, 0.25) is 19.1 Å². The zero-order valence-electron chi connectivity index (χ0n) is 9.92. The molecule has 0 fully saturated rings. The molecule has 0 heterocycles. The van der Waals surface area contributed by atoms with Crippen molar-refractivity contribution in [3.63, 3.8) is 0 Å². The Morgan fingerprint density at radius 3 is 2.71 bits per heavy atom. The molecule has 0 nitrogen and oxygen atoms in total. The van der Waals surface area contributed by atoms with Gasteiger partial charge in [0, 0.05) is 0 Å². The predicted octanol–water partition coefficient (Wildman–Crippen LogP) is 4.56. The lowest BCUT2D eigenvalue weighted by atomic mass is 9.92. The average molecular weight is 208 g/mol. The smallest absolute Gasteiger partial charge is 0.0713 e. The molecule has 0 aliphatic heterocycles. The zero-order valence-corrected chi connectivity index (χ0v) is 10.9. The number of rotatable bonds is 4. The van der Waals surface area contributed by atoms with E-state index in [4.69, 9.17) is 0 Å². The number of hydrogen-bond donors (Lipinski definition) is 0. The van der Waals surface area contributed by atoms with Crippen LogP contribution >= 0.6 is 0 Å². The first-order valence-corrected chi connectivity index (χ1v) is 9.21. The molecule has 0 saturated carbocycles. The van der Waals surface area contributed by atoms with Crippen molar-refractivity contribution in [3.05, 3.63) is 23.9 Å². The Balaban J connectivity index is 2.28. The molecule has 1 unspecified atom stereocenters. The molecule has 1 atom stereocenters. The molecule has 0 bridgehead atoms. The van der Waals surface area contributed by atoms with Gasteiger partial charge in [-0.15, -0.1) is 0 Å². The molecule has 80 valence electrons. The highest BCUT2D eigenvalue weighted by atomic mass is 28.3. The van der Waals surface area contributed by atoms with Crippen LogP contribution in [0.25, 0.3) is 0 Å². The standard InChI is InChI=1S/C13H24Si/c1-4-11-14(2,3)12-10-13-8-6-5-7-9-13/h4-6,11,13H,7-10,12H2,1-3H3. The average Bonchev–Trinajstić information content (AvgIpc) is 2.17. The van der Waals surface area contributed by atoms with Crippen molar-refractivity contribution in [3.8, 4) is 0 Å². The Morgan fingerprint density at radius 2 is 2.14 bits per heavy atom. The van der Waals surface area contributed by atoms with Crippen molar-refractivity contribution < 1.29 is 0 Å². The lowest BCUT2D eigenvalue weighted by molar-refractivity contribution is 0.463. The van der Waals surface area contributed by atoms with E-state index in [0.29, 0.717) is 0 Å². The third-order valence-corrected chi connectivity index (χ3v) is 6.01. The van der Waals surface area contributed by atoms with Crippen LogP contribution in [0, 0.1) is 5.92 Å². The number of hydrogen-bond acceptors (Lipinski definition) is 0. The molecule has 1 aliphatic rings. The third-order valence-electron chi connectivity index (χ3n) is 3.19. The van der Waals surface area contributed by atoms with Gasteiger partial charge in [0.15, 0.2) is 0 Å². The molecule has 0 aromatic heterocycles. The van der Waals surface area contributed by atoms with Crippen molar-refractivity contribution in [2.45, 2.75) is 51.7 Å². The molecular formula is C13H24Si. The van der Waals surface area contributed by atoms with E-state index in [2.05, 4.69) is 43.9 Å². The van der Waals surface area contributed by atoms with Crippen LogP contribution < -0.4 is 0 Å². The minimum Gasteiger partial charge on any atom is -0.0989 e. The molecule has 0 radical (unpaired) electrons. The minimum absolute atomic E-state index is 0.983. The summed E-state index contributed by atoms with van der Waals surface area (Å²) >= 11 is 0. The number of allylic oxidation sites excluding steroid dienone is 3. The summed E-state index contributed by atoms with van der Waals surface area (Å²) in [6.07, 6.45) is 12.5. The van der Waals surface area contributed by atoms with Gasteiger partial charge >= 0.3 is 0 Å². The monoisotopic (exact) mass is 208 g/mol. The molecule has 0 N–H and O–H groups in total. The lowest BCUT2D eigenvalue weighted by Gasteiger charge is -2.23. The molecule has 0 aromatic carbocycles. The third kappa shape index (κ3) is 4.27. The van der Waals surface area contributed by atoms with Crippen molar-refractivity contribution in [2.75, 3.05) is 0 Å². The maximum atomic E-state index is 2.48. The van der Waals surface area contributed by atoms with Gasteiger partial charge in [0.1, 0.15) is 0 Å². The maximum Gasteiger partial charge on any atom is 0.0713 e. The van der Waals surface area contributed by atoms with E-state index in [0.717, 1.165) is 5.92 Å². The van der Waals surface area contributed by atoms with Gasteiger partial charge in [0.25, 0.3) is 0 Å². The summed E-state index contributed by atoms with van der Waals surface area (Å²) in [4.78, 5) is 0. The Morgan fingerprint density at radius 1 is 1.36 bits per heavy atom. The SMILES string of the molecule is CC=C[Si](C)(C)CCC1CC=CCC1. The molecular weight excluding hydrogens is 184 g/mol. The second kappa shape index (κ2) is 5.55. The van der Waals surface area contributed by atoms with Crippen molar-refractivity contribution in [2.24, 2.45) is 5.92 Å². The van der Waals surface area contributed by atoms with E-state index in [1.807, 2.05) is 0 Å².